The average molecular weight is 368 g/mol. The van der Waals surface area contributed by atoms with E-state index in [-0.39, 0.29) is 11.9 Å². The third-order valence-electron chi connectivity index (χ3n) is 5.14. The Bertz CT molecular complexity index is 749. The molecule has 1 aliphatic rings. The Morgan fingerprint density at radius 1 is 1.22 bits per heavy atom. The maximum atomic E-state index is 12.7. The van der Waals surface area contributed by atoms with E-state index in [4.69, 9.17) is 9.47 Å². The minimum atomic E-state index is -0.454. The van der Waals surface area contributed by atoms with Crippen LogP contribution < -0.4 is 14.8 Å². The van der Waals surface area contributed by atoms with Crippen molar-refractivity contribution >= 4 is 5.91 Å². The van der Waals surface area contributed by atoms with E-state index in [2.05, 4.69) is 30.1 Å². The normalized spacial score (nSPS) is 16.5. The lowest BCUT2D eigenvalue weighted by Crippen LogP contribution is -2.43. The summed E-state index contributed by atoms with van der Waals surface area (Å²) in [7, 11) is 1.67. The summed E-state index contributed by atoms with van der Waals surface area (Å²) < 4.78 is 11.2. The smallest absolute Gasteiger partial charge is 0.261 e. The van der Waals surface area contributed by atoms with E-state index in [1.165, 1.54) is 0 Å². The fraction of sp³-hybridized carbons (Fsp3) is 0.409. The van der Waals surface area contributed by atoms with E-state index in [0.29, 0.717) is 13.0 Å². The Hall–Kier alpha value is -2.53. The van der Waals surface area contributed by atoms with Crippen LogP contribution in [-0.2, 0) is 11.2 Å². The number of benzene rings is 2. The number of para-hydroxylation sites is 1. The summed E-state index contributed by atoms with van der Waals surface area (Å²) in [6.45, 7) is 6.60. The summed E-state index contributed by atoms with van der Waals surface area (Å²) in [5.74, 6) is 1.57. The lowest BCUT2D eigenvalue weighted by molar-refractivity contribution is -0.127. The van der Waals surface area contributed by atoms with Gasteiger partial charge in [-0.3, -0.25) is 9.69 Å². The van der Waals surface area contributed by atoms with Gasteiger partial charge in [0.2, 0.25) is 0 Å². The van der Waals surface area contributed by atoms with Gasteiger partial charge in [0, 0.05) is 13.0 Å². The van der Waals surface area contributed by atoms with Crippen LogP contribution in [0.3, 0.4) is 0 Å². The van der Waals surface area contributed by atoms with Crippen LogP contribution in [0.2, 0.25) is 0 Å². The number of rotatable bonds is 8. The lowest BCUT2D eigenvalue weighted by atomic mass is 10.0. The minimum Gasteiger partial charge on any atom is -0.497 e. The van der Waals surface area contributed by atoms with Crippen molar-refractivity contribution in [3.63, 3.8) is 0 Å². The molecule has 0 saturated heterocycles. The zero-order chi connectivity index (χ0) is 19.2. The van der Waals surface area contributed by atoms with Crippen LogP contribution in [0.15, 0.2) is 48.5 Å². The Kier molecular flexibility index (Phi) is 6.35. The first-order valence-corrected chi connectivity index (χ1v) is 9.56. The summed E-state index contributed by atoms with van der Waals surface area (Å²) >= 11 is 0. The molecule has 3 rings (SSSR count). The van der Waals surface area contributed by atoms with Gasteiger partial charge in [0.1, 0.15) is 11.5 Å². The second-order valence-corrected chi connectivity index (χ2v) is 6.68. The summed E-state index contributed by atoms with van der Waals surface area (Å²) in [5.41, 5.74) is 2.22. The second-order valence-electron chi connectivity index (χ2n) is 6.68. The van der Waals surface area contributed by atoms with Crippen molar-refractivity contribution in [1.82, 2.24) is 10.2 Å². The molecule has 0 spiro atoms. The molecule has 0 saturated carbocycles. The first-order valence-electron chi connectivity index (χ1n) is 9.56. The Morgan fingerprint density at radius 2 is 2.00 bits per heavy atom. The van der Waals surface area contributed by atoms with Gasteiger partial charge in [-0.05, 0) is 42.4 Å². The minimum absolute atomic E-state index is 0.0637. The first kappa shape index (κ1) is 19.2. The van der Waals surface area contributed by atoms with Gasteiger partial charge in [-0.15, -0.1) is 0 Å². The van der Waals surface area contributed by atoms with Gasteiger partial charge < -0.3 is 14.8 Å². The Balaban J connectivity index is 1.68. The summed E-state index contributed by atoms with van der Waals surface area (Å²) in [6, 6.07) is 16.0. The van der Waals surface area contributed by atoms with Crippen molar-refractivity contribution in [2.24, 2.45) is 0 Å². The molecule has 27 heavy (non-hydrogen) atoms. The van der Waals surface area contributed by atoms with Crippen molar-refractivity contribution in [3.05, 3.63) is 59.7 Å². The zero-order valence-electron chi connectivity index (χ0n) is 16.3. The fourth-order valence-corrected chi connectivity index (χ4v) is 3.61. The monoisotopic (exact) mass is 368 g/mol. The Morgan fingerprint density at radius 3 is 2.70 bits per heavy atom. The highest BCUT2D eigenvalue weighted by atomic mass is 16.5. The van der Waals surface area contributed by atoms with E-state index in [1.807, 2.05) is 42.5 Å². The van der Waals surface area contributed by atoms with Gasteiger partial charge in [0.15, 0.2) is 6.10 Å². The van der Waals surface area contributed by atoms with E-state index < -0.39 is 6.10 Å². The van der Waals surface area contributed by atoms with Crippen LogP contribution in [0.5, 0.6) is 11.5 Å². The predicted octanol–water partition coefficient (Wildman–Crippen LogP) is 3.20. The molecule has 2 aromatic rings. The number of carbonyl (C=O) groups excluding carboxylic acids is 1. The molecule has 0 aliphatic carbocycles. The average Bonchev–Trinajstić information content (AvgIpc) is 3.15. The van der Waals surface area contributed by atoms with Crippen molar-refractivity contribution in [2.75, 3.05) is 26.7 Å². The molecule has 1 N–H and O–H groups in total. The van der Waals surface area contributed by atoms with Crippen molar-refractivity contribution in [1.29, 1.82) is 0 Å². The van der Waals surface area contributed by atoms with Crippen LogP contribution >= 0.6 is 0 Å². The Labute approximate surface area is 161 Å². The van der Waals surface area contributed by atoms with Gasteiger partial charge in [0.05, 0.1) is 13.2 Å². The largest absolute Gasteiger partial charge is 0.497 e. The molecule has 2 unspecified atom stereocenters. The standard InChI is InChI=1S/C22H28N2O3/c1-4-24(5-2)19(16-10-8-11-18(13-16)26-3)15-23-22(25)21-14-17-9-6-7-12-20(17)27-21/h6-13,19,21H,4-5,14-15H2,1-3H3,(H,23,25). The third-order valence-corrected chi connectivity index (χ3v) is 5.14. The quantitative estimate of drug-likeness (QED) is 0.777. The van der Waals surface area contributed by atoms with Crippen molar-refractivity contribution in [2.45, 2.75) is 32.4 Å². The van der Waals surface area contributed by atoms with Crippen molar-refractivity contribution in [3.8, 4) is 11.5 Å². The van der Waals surface area contributed by atoms with Gasteiger partial charge >= 0.3 is 0 Å². The number of nitrogens with one attached hydrogen (secondary N) is 1. The SMILES string of the molecule is CCN(CC)C(CNC(=O)C1Cc2ccccc2O1)c1cccc(OC)c1. The van der Waals surface area contributed by atoms with Crippen LogP contribution in [0.4, 0.5) is 0 Å². The van der Waals surface area contributed by atoms with Gasteiger partial charge in [-0.25, -0.2) is 0 Å². The predicted molar refractivity (Wildman–Crippen MR) is 106 cm³/mol. The summed E-state index contributed by atoms with van der Waals surface area (Å²) in [6.07, 6.45) is 0.168. The highest BCUT2D eigenvalue weighted by Crippen LogP contribution is 2.28. The highest BCUT2D eigenvalue weighted by molar-refractivity contribution is 5.82. The first-order chi connectivity index (χ1) is 13.2. The highest BCUT2D eigenvalue weighted by Gasteiger charge is 2.29. The fourth-order valence-electron chi connectivity index (χ4n) is 3.61. The third kappa shape index (κ3) is 4.42. The molecule has 0 radical (unpaired) electrons. The number of carbonyl (C=O) groups is 1. The number of ether oxygens (including phenoxy) is 2. The van der Waals surface area contributed by atoms with E-state index in [1.54, 1.807) is 7.11 Å². The van der Waals surface area contributed by atoms with Gasteiger partial charge in [-0.2, -0.15) is 0 Å². The van der Waals surface area contributed by atoms with Crippen molar-refractivity contribution < 1.29 is 14.3 Å². The van der Waals surface area contributed by atoms with Crippen LogP contribution in [0, 0.1) is 0 Å². The topological polar surface area (TPSA) is 50.8 Å². The molecule has 1 amide bonds. The van der Waals surface area contributed by atoms with Gasteiger partial charge in [0.25, 0.3) is 5.91 Å². The van der Waals surface area contributed by atoms with E-state index in [0.717, 1.165) is 35.7 Å². The number of methoxy groups -OCH3 is 1. The maximum absolute atomic E-state index is 12.7. The number of likely N-dealkylation sites (N-methyl/N-ethyl adjacent to an activating group) is 1. The van der Waals surface area contributed by atoms with E-state index in [9.17, 15) is 4.79 Å². The molecule has 2 aromatic carbocycles. The molecular weight excluding hydrogens is 340 g/mol. The number of nitrogens with zero attached hydrogens (tertiary/aromatic N) is 1. The summed E-state index contributed by atoms with van der Waals surface area (Å²) in [4.78, 5) is 15.0. The number of fused-ring (bicyclic) bond motifs is 1. The zero-order valence-corrected chi connectivity index (χ0v) is 16.3. The second kappa shape index (κ2) is 8.91. The molecular formula is C22H28N2O3. The van der Waals surface area contributed by atoms with Gasteiger partial charge in [-0.1, -0.05) is 44.2 Å². The van der Waals surface area contributed by atoms with E-state index >= 15 is 0 Å². The van der Waals surface area contributed by atoms with Crippen LogP contribution in [0.25, 0.3) is 0 Å². The molecule has 5 heteroatoms. The lowest BCUT2D eigenvalue weighted by Gasteiger charge is -2.30. The number of hydrogen-bond donors (Lipinski definition) is 1. The maximum Gasteiger partial charge on any atom is 0.261 e. The molecule has 1 heterocycles. The number of amides is 1. The van der Waals surface area contributed by atoms with Crippen LogP contribution in [0.1, 0.15) is 31.0 Å². The summed E-state index contributed by atoms with van der Waals surface area (Å²) in [5, 5.41) is 3.10. The molecule has 0 bridgehead atoms. The molecule has 0 aromatic heterocycles. The molecule has 0 fully saturated rings. The molecule has 2 atom stereocenters. The molecule has 5 nitrogen and oxygen atoms in total. The number of hydrogen-bond acceptors (Lipinski definition) is 4. The molecule has 144 valence electrons. The molecule has 1 aliphatic heterocycles. The van der Waals surface area contributed by atoms with Crippen LogP contribution in [-0.4, -0.2) is 43.7 Å².